The van der Waals surface area contributed by atoms with Crippen molar-refractivity contribution in [3.05, 3.63) is 36.3 Å². The third-order valence-corrected chi connectivity index (χ3v) is 4.86. The first-order valence-corrected chi connectivity index (χ1v) is 9.53. The van der Waals surface area contributed by atoms with Gasteiger partial charge in [-0.3, -0.25) is 4.98 Å². The third kappa shape index (κ3) is 4.36. The molecule has 7 heteroatoms. The highest BCUT2D eigenvalue weighted by Crippen LogP contribution is 2.17. The molecule has 0 saturated carbocycles. The van der Waals surface area contributed by atoms with E-state index < -0.39 is 0 Å². The minimum absolute atomic E-state index is 0.719. The van der Waals surface area contributed by atoms with Crippen molar-refractivity contribution >= 4 is 23.4 Å². The molecule has 6 nitrogen and oxygen atoms in total. The molecule has 1 fully saturated rings. The minimum Gasteiger partial charge on any atom is -0.365 e. The molecule has 0 radical (unpaired) electrons. The van der Waals surface area contributed by atoms with E-state index in [1.54, 1.807) is 24.2 Å². The molecule has 24 heavy (non-hydrogen) atoms. The van der Waals surface area contributed by atoms with Crippen LogP contribution in [0.1, 0.15) is 12.5 Å². The molecule has 2 aromatic rings. The maximum Gasteiger partial charge on any atom is 0.146 e. The summed E-state index contributed by atoms with van der Waals surface area (Å²) in [5.74, 6) is 1.87. The van der Waals surface area contributed by atoms with Crippen LogP contribution < -0.4 is 10.2 Å². The summed E-state index contributed by atoms with van der Waals surface area (Å²) in [4.78, 5) is 18.1. The van der Waals surface area contributed by atoms with Gasteiger partial charge in [-0.05, 0) is 30.5 Å². The third-order valence-electron chi connectivity index (χ3n) is 4.25. The summed E-state index contributed by atoms with van der Waals surface area (Å²) in [6.07, 6.45) is 7.42. The molecule has 0 aromatic carbocycles. The van der Waals surface area contributed by atoms with Crippen molar-refractivity contribution in [2.24, 2.45) is 0 Å². The molecule has 0 bridgehead atoms. The molecule has 0 aliphatic carbocycles. The van der Waals surface area contributed by atoms with Crippen molar-refractivity contribution in [3.63, 3.8) is 0 Å². The molecular weight excluding hydrogens is 320 g/mol. The lowest BCUT2D eigenvalue weighted by Crippen LogP contribution is -2.46. The Morgan fingerprint density at radius 3 is 2.79 bits per heavy atom. The largest absolute Gasteiger partial charge is 0.365 e. The first kappa shape index (κ1) is 17.0. The van der Waals surface area contributed by atoms with Gasteiger partial charge >= 0.3 is 0 Å². The van der Waals surface area contributed by atoms with E-state index in [1.807, 2.05) is 18.5 Å². The van der Waals surface area contributed by atoms with Crippen LogP contribution in [0.5, 0.6) is 0 Å². The average molecular weight is 344 g/mol. The molecular formula is C17H24N6S. The van der Waals surface area contributed by atoms with Crippen LogP contribution in [-0.4, -0.2) is 58.8 Å². The van der Waals surface area contributed by atoms with E-state index >= 15 is 0 Å². The number of anilines is 2. The zero-order chi connectivity index (χ0) is 16.8. The fraction of sp³-hybridized carbons (Fsp3) is 0.471. The van der Waals surface area contributed by atoms with Gasteiger partial charge in [-0.2, -0.15) is 0 Å². The first-order valence-electron chi connectivity index (χ1n) is 8.30. The van der Waals surface area contributed by atoms with E-state index in [0.29, 0.717) is 0 Å². The van der Waals surface area contributed by atoms with Crippen LogP contribution in [0.15, 0.2) is 35.7 Å². The van der Waals surface area contributed by atoms with Crippen LogP contribution in [0.4, 0.5) is 11.6 Å². The fourth-order valence-corrected chi connectivity index (χ4v) is 3.12. The van der Waals surface area contributed by atoms with Crippen LogP contribution in [0, 0.1) is 0 Å². The van der Waals surface area contributed by atoms with E-state index in [1.165, 1.54) is 5.56 Å². The molecule has 0 spiro atoms. The van der Waals surface area contributed by atoms with Gasteiger partial charge in [0, 0.05) is 38.9 Å². The maximum atomic E-state index is 4.54. The molecule has 2 aromatic heterocycles. The number of hydrogen-bond donors (Lipinski definition) is 1. The maximum absolute atomic E-state index is 4.54. The van der Waals surface area contributed by atoms with Gasteiger partial charge in [0.1, 0.15) is 16.7 Å². The lowest BCUT2D eigenvalue weighted by Gasteiger charge is -2.34. The molecule has 1 aliphatic rings. The number of hydrogen-bond acceptors (Lipinski definition) is 7. The normalized spacial score (nSPS) is 15.5. The van der Waals surface area contributed by atoms with E-state index in [9.17, 15) is 0 Å². The van der Waals surface area contributed by atoms with Gasteiger partial charge in [-0.25, -0.2) is 9.97 Å². The van der Waals surface area contributed by atoms with Crippen molar-refractivity contribution in [3.8, 4) is 0 Å². The van der Waals surface area contributed by atoms with E-state index in [-0.39, 0.29) is 0 Å². The molecule has 1 N–H and O–H groups in total. The van der Waals surface area contributed by atoms with Gasteiger partial charge < -0.3 is 15.1 Å². The molecule has 0 unspecified atom stereocenters. The molecule has 0 amide bonds. The Morgan fingerprint density at radius 1 is 1.21 bits per heavy atom. The summed E-state index contributed by atoms with van der Waals surface area (Å²) in [6.45, 7) is 8.36. The number of nitrogens with zero attached hydrogens (tertiary/aromatic N) is 5. The Balaban J connectivity index is 1.61. The van der Waals surface area contributed by atoms with Gasteiger partial charge in [0.15, 0.2) is 0 Å². The van der Waals surface area contributed by atoms with Crippen molar-refractivity contribution < 1.29 is 0 Å². The SMILES string of the molecule is CCN1CCN(c2cc(CNc3cncc(SC)n3)ccn2)CC1. The Morgan fingerprint density at radius 2 is 2.04 bits per heavy atom. The summed E-state index contributed by atoms with van der Waals surface area (Å²) >= 11 is 1.59. The van der Waals surface area contributed by atoms with E-state index in [2.05, 4.69) is 43.1 Å². The lowest BCUT2D eigenvalue weighted by molar-refractivity contribution is 0.270. The topological polar surface area (TPSA) is 57.2 Å². The first-order chi connectivity index (χ1) is 11.8. The van der Waals surface area contributed by atoms with E-state index in [0.717, 1.165) is 55.9 Å². The monoisotopic (exact) mass is 344 g/mol. The van der Waals surface area contributed by atoms with Crippen molar-refractivity contribution in [1.82, 2.24) is 19.9 Å². The van der Waals surface area contributed by atoms with Gasteiger partial charge in [-0.15, -0.1) is 11.8 Å². The summed E-state index contributed by atoms with van der Waals surface area (Å²) in [6, 6.07) is 4.21. The Hall–Kier alpha value is -1.86. The summed E-state index contributed by atoms with van der Waals surface area (Å²) in [5, 5.41) is 4.26. The molecule has 3 rings (SSSR count). The molecule has 1 saturated heterocycles. The highest BCUT2D eigenvalue weighted by atomic mass is 32.2. The average Bonchev–Trinajstić information content (AvgIpc) is 2.67. The zero-order valence-electron chi connectivity index (χ0n) is 14.3. The number of thioether (sulfide) groups is 1. The lowest BCUT2D eigenvalue weighted by atomic mass is 10.2. The summed E-state index contributed by atoms with van der Waals surface area (Å²) in [5.41, 5.74) is 1.20. The van der Waals surface area contributed by atoms with Gasteiger partial charge in [-0.1, -0.05) is 6.92 Å². The highest BCUT2D eigenvalue weighted by Gasteiger charge is 2.16. The summed E-state index contributed by atoms with van der Waals surface area (Å²) < 4.78 is 0. The number of aromatic nitrogens is 3. The fourth-order valence-electron chi connectivity index (χ4n) is 2.76. The molecule has 0 atom stereocenters. The predicted molar refractivity (Wildman–Crippen MR) is 99.7 cm³/mol. The van der Waals surface area contributed by atoms with Crippen molar-refractivity contribution in [2.45, 2.75) is 18.5 Å². The Labute approximate surface area is 147 Å². The van der Waals surface area contributed by atoms with E-state index in [4.69, 9.17) is 0 Å². The van der Waals surface area contributed by atoms with Gasteiger partial charge in [0.2, 0.25) is 0 Å². The Bertz CT molecular complexity index is 657. The quantitative estimate of drug-likeness (QED) is 0.807. The smallest absolute Gasteiger partial charge is 0.146 e. The second-order valence-corrected chi connectivity index (χ2v) is 6.57. The van der Waals surface area contributed by atoms with Crippen molar-refractivity contribution in [1.29, 1.82) is 0 Å². The number of pyridine rings is 1. The number of piperazine rings is 1. The minimum atomic E-state index is 0.719. The van der Waals surface area contributed by atoms with Crippen molar-refractivity contribution in [2.75, 3.05) is 49.2 Å². The number of rotatable bonds is 6. The highest BCUT2D eigenvalue weighted by molar-refractivity contribution is 7.98. The molecule has 1 aliphatic heterocycles. The molecule has 3 heterocycles. The number of nitrogens with one attached hydrogen (secondary N) is 1. The second kappa shape index (κ2) is 8.30. The number of likely N-dealkylation sites (N-methyl/N-ethyl adjacent to an activating group) is 1. The van der Waals surface area contributed by atoms with Crippen LogP contribution in [0.3, 0.4) is 0 Å². The summed E-state index contributed by atoms with van der Waals surface area (Å²) in [7, 11) is 0. The van der Waals surface area contributed by atoms with Crippen LogP contribution in [0.2, 0.25) is 0 Å². The predicted octanol–water partition coefficient (Wildman–Crippen LogP) is 2.35. The Kier molecular flexibility index (Phi) is 5.87. The van der Waals surface area contributed by atoms with Crippen LogP contribution in [-0.2, 0) is 6.54 Å². The zero-order valence-corrected chi connectivity index (χ0v) is 15.1. The van der Waals surface area contributed by atoms with Crippen LogP contribution >= 0.6 is 11.8 Å². The van der Waals surface area contributed by atoms with Gasteiger partial charge in [0.25, 0.3) is 0 Å². The van der Waals surface area contributed by atoms with Crippen LogP contribution in [0.25, 0.3) is 0 Å². The molecule has 128 valence electrons. The standard InChI is InChI=1S/C17H24N6S/c1-3-22-6-8-23(9-7-22)16-10-14(4-5-19-16)11-20-15-12-18-13-17(21-15)24-2/h4-5,10,12-13H,3,6-9,11H2,1-2H3,(H,20,21). The van der Waals surface area contributed by atoms with Gasteiger partial charge in [0.05, 0.1) is 12.4 Å². The second-order valence-electron chi connectivity index (χ2n) is 5.74.